The molecule has 1 atom stereocenters. The van der Waals surface area contributed by atoms with Gasteiger partial charge in [0, 0.05) is 18.2 Å². The molecule has 0 radical (unpaired) electrons. The Hall–Kier alpha value is -1.36. The van der Waals surface area contributed by atoms with Crippen molar-refractivity contribution < 1.29 is 0 Å². The molecule has 5 nitrogen and oxygen atoms in total. The van der Waals surface area contributed by atoms with Crippen LogP contribution in [0.4, 0.5) is 11.6 Å². The van der Waals surface area contributed by atoms with E-state index < -0.39 is 0 Å². The van der Waals surface area contributed by atoms with Gasteiger partial charge >= 0.3 is 0 Å². The van der Waals surface area contributed by atoms with Gasteiger partial charge in [-0.15, -0.1) is 0 Å². The molecule has 1 unspecified atom stereocenters. The molecule has 1 heterocycles. The molecule has 120 valence electrons. The van der Waals surface area contributed by atoms with Gasteiger partial charge in [-0.2, -0.15) is 0 Å². The highest BCUT2D eigenvalue weighted by molar-refractivity contribution is 5.59. The summed E-state index contributed by atoms with van der Waals surface area (Å²) in [5.41, 5.74) is 1.18. The summed E-state index contributed by atoms with van der Waals surface area (Å²) in [4.78, 5) is 11.1. The van der Waals surface area contributed by atoms with E-state index in [1.54, 1.807) is 6.33 Å². The minimum atomic E-state index is 0.383. The second-order valence-electron chi connectivity index (χ2n) is 6.20. The average molecular weight is 293 g/mol. The van der Waals surface area contributed by atoms with Crippen LogP contribution < -0.4 is 10.6 Å². The van der Waals surface area contributed by atoms with Crippen molar-refractivity contribution in [3.05, 3.63) is 11.9 Å². The van der Waals surface area contributed by atoms with E-state index in [1.165, 1.54) is 5.56 Å². The Kier molecular flexibility index (Phi) is 7.43. The Labute approximate surface area is 129 Å². The van der Waals surface area contributed by atoms with Crippen molar-refractivity contribution in [2.45, 2.75) is 52.5 Å². The fraction of sp³-hybridized carbons (Fsp3) is 0.750. The zero-order valence-corrected chi connectivity index (χ0v) is 14.4. The summed E-state index contributed by atoms with van der Waals surface area (Å²) >= 11 is 0. The second kappa shape index (κ2) is 8.82. The molecule has 0 amide bonds. The molecular formula is C16H31N5. The van der Waals surface area contributed by atoms with Gasteiger partial charge in [0.1, 0.15) is 18.0 Å². The van der Waals surface area contributed by atoms with E-state index in [-0.39, 0.29) is 0 Å². The largest absolute Gasteiger partial charge is 0.370 e. The first-order valence-electron chi connectivity index (χ1n) is 7.95. The SMILES string of the molecule is CCCNc1ncnc(NC(C)CCN(C)C)c1C(C)C. The van der Waals surface area contributed by atoms with Gasteiger partial charge in [0.15, 0.2) is 0 Å². The van der Waals surface area contributed by atoms with Crippen LogP contribution in [0.5, 0.6) is 0 Å². The number of nitrogens with zero attached hydrogens (tertiary/aromatic N) is 3. The van der Waals surface area contributed by atoms with Crippen LogP contribution in [0.15, 0.2) is 6.33 Å². The van der Waals surface area contributed by atoms with Crippen molar-refractivity contribution in [3.63, 3.8) is 0 Å². The lowest BCUT2D eigenvalue weighted by Gasteiger charge is -2.22. The van der Waals surface area contributed by atoms with Gasteiger partial charge in [-0.3, -0.25) is 0 Å². The third-order valence-corrected chi connectivity index (χ3v) is 3.40. The number of aromatic nitrogens is 2. The van der Waals surface area contributed by atoms with Gasteiger partial charge in [0.2, 0.25) is 0 Å². The number of hydrogen-bond donors (Lipinski definition) is 2. The maximum absolute atomic E-state index is 4.46. The Bertz CT molecular complexity index is 417. The van der Waals surface area contributed by atoms with Crippen LogP contribution in [0.1, 0.15) is 52.0 Å². The van der Waals surface area contributed by atoms with E-state index >= 15 is 0 Å². The summed E-state index contributed by atoms with van der Waals surface area (Å²) in [6.45, 7) is 10.7. The molecule has 0 aliphatic rings. The maximum atomic E-state index is 4.46. The first kappa shape index (κ1) is 17.7. The summed E-state index contributed by atoms with van der Waals surface area (Å²) in [6, 6.07) is 0.388. The second-order valence-corrected chi connectivity index (χ2v) is 6.20. The number of hydrogen-bond acceptors (Lipinski definition) is 5. The summed E-state index contributed by atoms with van der Waals surface area (Å²) in [7, 11) is 4.20. The molecular weight excluding hydrogens is 262 g/mol. The molecule has 1 rings (SSSR count). The van der Waals surface area contributed by atoms with Crippen molar-refractivity contribution in [2.75, 3.05) is 37.8 Å². The summed E-state index contributed by atoms with van der Waals surface area (Å²) in [5, 5.41) is 6.96. The minimum Gasteiger partial charge on any atom is -0.370 e. The smallest absolute Gasteiger partial charge is 0.135 e. The molecule has 0 aromatic carbocycles. The summed E-state index contributed by atoms with van der Waals surface area (Å²) < 4.78 is 0. The normalized spacial score (nSPS) is 12.8. The molecule has 0 aliphatic heterocycles. The molecule has 1 aromatic heterocycles. The van der Waals surface area contributed by atoms with E-state index in [1.807, 2.05) is 0 Å². The van der Waals surface area contributed by atoms with Gasteiger partial charge in [0.05, 0.1) is 0 Å². The minimum absolute atomic E-state index is 0.383. The molecule has 1 aromatic rings. The molecule has 0 spiro atoms. The van der Waals surface area contributed by atoms with Gasteiger partial charge in [-0.25, -0.2) is 9.97 Å². The first-order valence-corrected chi connectivity index (χ1v) is 7.95. The third-order valence-electron chi connectivity index (χ3n) is 3.40. The highest BCUT2D eigenvalue weighted by Crippen LogP contribution is 2.28. The van der Waals surface area contributed by atoms with Crippen LogP contribution >= 0.6 is 0 Å². The van der Waals surface area contributed by atoms with E-state index in [0.717, 1.165) is 37.6 Å². The monoisotopic (exact) mass is 293 g/mol. The standard InChI is InChI=1S/C16H31N5/c1-7-9-17-15-14(12(2)3)16(19-11-18-15)20-13(4)8-10-21(5)6/h11-13H,7-10H2,1-6H3,(H2,17,18,19,20). The number of rotatable bonds is 9. The lowest BCUT2D eigenvalue weighted by molar-refractivity contribution is 0.390. The topological polar surface area (TPSA) is 53.1 Å². The zero-order valence-electron chi connectivity index (χ0n) is 14.4. The number of anilines is 2. The molecule has 0 fully saturated rings. The zero-order chi connectivity index (χ0) is 15.8. The Morgan fingerprint density at radius 3 is 2.38 bits per heavy atom. The van der Waals surface area contributed by atoms with E-state index in [2.05, 4.69) is 67.3 Å². The van der Waals surface area contributed by atoms with Crippen molar-refractivity contribution in [3.8, 4) is 0 Å². The Balaban J connectivity index is 2.85. The summed E-state index contributed by atoms with van der Waals surface area (Å²) in [6.07, 6.45) is 3.82. The molecule has 5 heteroatoms. The first-order chi connectivity index (χ1) is 9.95. The Morgan fingerprint density at radius 1 is 1.14 bits per heavy atom. The van der Waals surface area contributed by atoms with Crippen molar-refractivity contribution in [2.24, 2.45) is 0 Å². The maximum Gasteiger partial charge on any atom is 0.135 e. The molecule has 0 saturated carbocycles. The van der Waals surface area contributed by atoms with E-state index in [0.29, 0.717) is 12.0 Å². The molecule has 21 heavy (non-hydrogen) atoms. The third kappa shape index (κ3) is 5.87. The fourth-order valence-corrected chi connectivity index (χ4v) is 2.20. The van der Waals surface area contributed by atoms with E-state index in [4.69, 9.17) is 0 Å². The fourth-order valence-electron chi connectivity index (χ4n) is 2.20. The van der Waals surface area contributed by atoms with Crippen molar-refractivity contribution in [1.29, 1.82) is 0 Å². The highest BCUT2D eigenvalue weighted by atomic mass is 15.1. The predicted octanol–water partition coefficient (Wildman–Crippen LogP) is 3.17. The highest BCUT2D eigenvalue weighted by Gasteiger charge is 2.16. The van der Waals surface area contributed by atoms with Crippen LogP contribution in [0.3, 0.4) is 0 Å². The Morgan fingerprint density at radius 2 is 1.81 bits per heavy atom. The van der Waals surface area contributed by atoms with Gasteiger partial charge < -0.3 is 15.5 Å². The van der Waals surface area contributed by atoms with Crippen LogP contribution in [0, 0.1) is 0 Å². The quantitative estimate of drug-likeness (QED) is 0.732. The van der Waals surface area contributed by atoms with Gasteiger partial charge in [-0.1, -0.05) is 20.8 Å². The average Bonchev–Trinajstić information content (AvgIpc) is 2.42. The van der Waals surface area contributed by atoms with Crippen molar-refractivity contribution >= 4 is 11.6 Å². The lowest BCUT2D eigenvalue weighted by Crippen LogP contribution is -2.24. The predicted molar refractivity (Wildman–Crippen MR) is 91.2 cm³/mol. The lowest BCUT2D eigenvalue weighted by atomic mass is 10.0. The van der Waals surface area contributed by atoms with Crippen molar-refractivity contribution in [1.82, 2.24) is 14.9 Å². The van der Waals surface area contributed by atoms with Crippen LogP contribution in [0.2, 0.25) is 0 Å². The molecule has 0 bridgehead atoms. The summed E-state index contributed by atoms with van der Waals surface area (Å²) in [5.74, 6) is 2.31. The molecule has 2 N–H and O–H groups in total. The van der Waals surface area contributed by atoms with E-state index in [9.17, 15) is 0 Å². The molecule has 0 aliphatic carbocycles. The van der Waals surface area contributed by atoms with Gasteiger partial charge in [0.25, 0.3) is 0 Å². The van der Waals surface area contributed by atoms with Crippen LogP contribution in [-0.2, 0) is 0 Å². The molecule has 0 saturated heterocycles. The van der Waals surface area contributed by atoms with Crippen LogP contribution in [-0.4, -0.2) is 48.1 Å². The number of nitrogens with one attached hydrogen (secondary N) is 2. The van der Waals surface area contributed by atoms with Gasteiger partial charge in [-0.05, 0) is 46.3 Å². The van der Waals surface area contributed by atoms with Crippen LogP contribution in [0.25, 0.3) is 0 Å².